The zero-order valence-corrected chi connectivity index (χ0v) is 14.0. The summed E-state index contributed by atoms with van der Waals surface area (Å²) in [7, 11) is 0. The Morgan fingerprint density at radius 1 is 1.23 bits per heavy atom. The predicted molar refractivity (Wildman–Crippen MR) is 87.2 cm³/mol. The smallest absolute Gasteiger partial charge is 0.184 e. The third kappa shape index (κ3) is 1.73. The lowest BCUT2D eigenvalue weighted by atomic mass is 9.46. The first-order valence-electron chi connectivity index (χ1n) is 8.97. The molecule has 0 radical (unpaired) electrons. The van der Waals surface area contributed by atoms with Crippen LogP contribution in [0, 0.1) is 34.5 Å². The number of carbonyl (C=O) groups excluding carboxylic acids is 1. The monoisotopic (exact) mass is 300 g/mol. The minimum atomic E-state index is -0.779. The molecule has 0 aromatic rings. The van der Waals surface area contributed by atoms with Gasteiger partial charge in [-0.25, -0.2) is 0 Å². The van der Waals surface area contributed by atoms with Crippen LogP contribution in [0.15, 0.2) is 23.8 Å². The fourth-order valence-electron chi connectivity index (χ4n) is 6.29. The van der Waals surface area contributed by atoms with Crippen molar-refractivity contribution in [3.05, 3.63) is 23.8 Å². The highest BCUT2D eigenvalue weighted by atomic mass is 16.3. The van der Waals surface area contributed by atoms with Gasteiger partial charge in [0.2, 0.25) is 0 Å². The Morgan fingerprint density at radius 2 is 2.00 bits per heavy atom. The Morgan fingerprint density at radius 3 is 2.77 bits per heavy atom. The van der Waals surface area contributed by atoms with Gasteiger partial charge in [-0.05, 0) is 72.7 Å². The first-order valence-corrected chi connectivity index (χ1v) is 8.97. The number of allylic oxidation sites excluding steroid dienone is 3. The summed E-state index contributed by atoms with van der Waals surface area (Å²) < 4.78 is 0. The molecule has 2 nitrogen and oxygen atoms in total. The molecule has 4 aliphatic rings. The second-order valence-electron chi connectivity index (χ2n) is 8.76. The van der Waals surface area contributed by atoms with Crippen molar-refractivity contribution >= 4 is 5.78 Å². The van der Waals surface area contributed by atoms with E-state index in [4.69, 9.17) is 0 Å². The van der Waals surface area contributed by atoms with Crippen LogP contribution >= 0.6 is 0 Å². The van der Waals surface area contributed by atoms with E-state index >= 15 is 0 Å². The minimum Gasteiger partial charge on any atom is -0.385 e. The quantitative estimate of drug-likeness (QED) is 0.689. The number of hydrogen-bond donors (Lipinski definition) is 1. The molecular weight excluding hydrogens is 272 g/mol. The highest BCUT2D eigenvalue weighted by molar-refractivity contribution is 5.95. The number of hydrogen-bond acceptors (Lipinski definition) is 2. The van der Waals surface area contributed by atoms with Crippen molar-refractivity contribution < 1.29 is 9.90 Å². The molecule has 4 rings (SSSR count). The summed E-state index contributed by atoms with van der Waals surface area (Å²) in [6.45, 7) is 7.16. The van der Waals surface area contributed by atoms with Crippen molar-refractivity contribution in [2.45, 2.75) is 59.0 Å². The minimum absolute atomic E-state index is 0.0389. The number of fused-ring (bicyclic) bond motifs is 5. The number of ketones is 1. The molecule has 22 heavy (non-hydrogen) atoms. The summed E-state index contributed by atoms with van der Waals surface area (Å²) in [5, 5.41) is 10.1. The molecule has 0 aromatic heterocycles. The SMILES string of the molecule is C[C@H]1C=C[C@H]2[C@@H]3CCC4=CC(=O)C(O)C[C@]4(C)[C@H]3CC[C@]12C. The molecule has 0 aliphatic heterocycles. The maximum Gasteiger partial charge on any atom is 0.184 e. The van der Waals surface area contributed by atoms with Gasteiger partial charge in [-0.2, -0.15) is 0 Å². The fourth-order valence-corrected chi connectivity index (χ4v) is 6.29. The second-order valence-corrected chi connectivity index (χ2v) is 8.76. The van der Waals surface area contributed by atoms with Gasteiger partial charge >= 0.3 is 0 Å². The summed E-state index contributed by atoms with van der Waals surface area (Å²) in [5.74, 6) is 2.66. The topological polar surface area (TPSA) is 37.3 Å². The molecule has 0 bridgehead atoms. The summed E-state index contributed by atoms with van der Waals surface area (Å²) in [4.78, 5) is 11.9. The standard InChI is InChI=1S/C20H28O2/c1-12-4-7-15-14-6-5-13-10-17(21)18(22)11-20(13,3)16(14)8-9-19(12,15)2/h4,7,10,12,14-16,18,22H,5-6,8-9,11H2,1-3H3/t12-,14-,15-,16-,18?,19+,20-/m0/s1. The third-order valence-electron chi connectivity index (χ3n) is 7.94. The highest BCUT2D eigenvalue weighted by Crippen LogP contribution is 2.64. The molecule has 0 heterocycles. The molecule has 2 fully saturated rings. The van der Waals surface area contributed by atoms with Gasteiger partial charge in [-0.1, -0.05) is 38.5 Å². The highest BCUT2D eigenvalue weighted by Gasteiger charge is 2.57. The van der Waals surface area contributed by atoms with Crippen LogP contribution in [0.2, 0.25) is 0 Å². The molecular formula is C20H28O2. The Hall–Kier alpha value is -0.890. The van der Waals surface area contributed by atoms with Crippen molar-refractivity contribution in [2.75, 3.05) is 0 Å². The van der Waals surface area contributed by atoms with Crippen LogP contribution in [0.1, 0.15) is 52.9 Å². The van der Waals surface area contributed by atoms with E-state index in [9.17, 15) is 9.90 Å². The average Bonchev–Trinajstić information content (AvgIpc) is 2.77. The van der Waals surface area contributed by atoms with Gasteiger partial charge in [0.15, 0.2) is 5.78 Å². The summed E-state index contributed by atoms with van der Waals surface area (Å²) in [6, 6.07) is 0. The van der Waals surface area contributed by atoms with Gasteiger partial charge < -0.3 is 5.11 Å². The van der Waals surface area contributed by atoms with Crippen LogP contribution in [0.5, 0.6) is 0 Å². The molecule has 120 valence electrons. The molecule has 1 unspecified atom stereocenters. The Labute approximate surface area is 133 Å². The van der Waals surface area contributed by atoms with E-state index in [1.165, 1.54) is 24.8 Å². The molecule has 4 aliphatic carbocycles. The van der Waals surface area contributed by atoms with Crippen LogP contribution in [0.3, 0.4) is 0 Å². The molecule has 0 amide bonds. The molecule has 2 saturated carbocycles. The normalized spacial score (nSPS) is 53.5. The fraction of sp³-hybridized carbons (Fsp3) is 0.750. The molecule has 7 atom stereocenters. The van der Waals surface area contributed by atoms with Crippen molar-refractivity contribution in [1.29, 1.82) is 0 Å². The van der Waals surface area contributed by atoms with Gasteiger partial charge in [0.25, 0.3) is 0 Å². The average molecular weight is 300 g/mol. The number of aliphatic hydroxyl groups excluding tert-OH is 1. The van der Waals surface area contributed by atoms with Gasteiger partial charge in [0, 0.05) is 0 Å². The van der Waals surface area contributed by atoms with E-state index in [0.717, 1.165) is 12.3 Å². The van der Waals surface area contributed by atoms with Crippen molar-refractivity contribution in [2.24, 2.45) is 34.5 Å². The van der Waals surface area contributed by atoms with Crippen LogP contribution in [0.4, 0.5) is 0 Å². The summed E-state index contributed by atoms with van der Waals surface area (Å²) in [6.07, 6.45) is 11.4. The zero-order chi connectivity index (χ0) is 15.7. The number of carbonyl (C=O) groups is 1. The van der Waals surface area contributed by atoms with E-state index in [0.29, 0.717) is 29.6 Å². The lowest BCUT2D eigenvalue weighted by Crippen LogP contribution is -2.52. The summed E-state index contributed by atoms with van der Waals surface area (Å²) in [5.41, 5.74) is 1.79. The predicted octanol–water partition coefficient (Wildman–Crippen LogP) is 3.90. The van der Waals surface area contributed by atoms with E-state index < -0.39 is 6.10 Å². The van der Waals surface area contributed by atoms with Crippen LogP contribution in [0.25, 0.3) is 0 Å². The van der Waals surface area contributed by atoms with E-state index in [1.807, 2.05) is 0 Å². The lowest BCUT2D eigenvalue weighted by Gasteiger charge is -2.58. The van der Waals surface area contributed by atoms with Crippen molar-refractivity contribution in [1.82, 2.24) is 0 Å². The second kappa shape index (κ2) is 4.56. The Balaban J connectivity index is 1.71. The van der Waals surface area contributed by atoms with Crippen molar-refractivity contribution in [3.63, 3.8) is 0 Å². The van der Waals surface area contributed by atoms with Crippen LogP contribution in [-0.2, 0) is 4.79 Å². The molecule has 0 spiro atoms. The van der Waals surface area contributed by atoms with E-state index in [1.54, 1.807) is 6.08 Å². The molecule has 0 aromatic carbocycles. The van der Waals surface area contributed by atoms with Gasteiger partial charge in [0.1, 0.15) is 6.10 Å². The number of aliphatic hydroxyl groups is 1. The van der Waals surface area contributed by atoms with Crippen LogP contribution < -0.4 is 0 Å². The Kier molecular flexibility index (Phi) is 3.05. The third-order valence-corrected chi connectivity index (χ3v) is 7.94. The molecule has 1 N–H and O–H groups in total. The molecule has 0 saturated heterocycles. The van der Waals surface area contributed by atoms with Crippen molar-refractivity contribution in [3.8, 4) is 0 Å². The maximum atomic E-state index is 11.9. The molecule has 2 heteroatoms. The first-order chi connectivity index (χ1) is 10.4. The van der Waals surface area contributed by atoms with E-state index in [-0.39, 0.29) is 11.2 Å². The zero-order valence-electron chi connectivity index (χ0n) is 14.0. The number of rotatable bonds is 0. The summed E-state index contributed by atoms with van der Waals surface area (Å²) >= 11 is 0. The van der Waals surface area contributed by atoms with Gasteiger partial charge in [-0.15, -0.1) is 0 Å². The first kappa shape index (κ1) is 14.7. The largest absolute Gasteiger partial charge is 0.385 e. The van der Waals surface area contributed by atoms with Gasteiger partial charge in [0.05, 0.1) is 0 Å². The van der Waals surface area contributed by atoms with Gasteiger partial charge in [-0.3, -0.25) is 4.79 Å². The Bertz CT molecular complexity index is 574. The van der Waals surface area contributed by atoms with E-state index in [2.05, 4.69) is 32.9 Å². The lowest BCUT2D eigenvalue weighted by molar-refractivity contribution is -0.127. The maximum absolute atomic E-state index is 11.9. The van der Waals surface area contributed by atoms with Crippen LogP contribution in [-0.4, -0.2) is 17.0 Å².